The third-order valence-electron chi connectivity index (χ3n) is 4.97. The molecule has 4 rings (SSSR count). The van der Waals surface area contributed by atoms with Crippen LogP contribution in [0.4, 0.5) is 14.5 Å². The number of hydrogen-bond donors (Lipinski definition) is 1. The van der Waals surface area contributed by atoms with Gasteiger partial charge in [-0.05, 0) is 59.4 Å². The van der Waals surface area contributed by atoms with Crippen LogP contribution in [0.3, 0.4) is 0 Å². The van der Waals surface area contributed by atoms with Gasteiger partial charge in [-0.15, -0.1) is 4.80 Å². The van der Waals surface area contributed by atoms with Gasteiger partial charge in [-0.1, -0.05) is 47.4 Å². The Hall–Kier alpha value is -3.17. The van der Waals surface area contributed by atoms with Gasteiger partial charge in [0, 0.05) is 4.47 Å². The van der Waals surface area contributed by atoms with E-state index in [1.807, 2.05) is 13.8 Å². The van der Waals surface area contributed by atoms with E-state index in [4.69, 9.17) is 11.6 Å². The molecule has 1 N–H and O–H groups in total. The number of carbonyl (C=O) groups is 1. The third kappa shape index (κ3) is 5.15. The molecule has 0 fully saturated rings. The second-order valence-corrected chi connectivity index (χ2v) is 9.27. The van der Waals surface area contributed by atoms with Crippen molar-refractivity contribution in [2.45, 2.75) is 20.3 Å². The van der Waals surface area contributed by atoms with E-state index in [-0.39, 0.29) is 16.5 Å². The monoisotopic (exact) mass is 545 g/mol. The first-order chi connectivity index (χ1) is 16.2. The third-order valence-corrected chi connectivity index (χ3v) is 5.91. The van der Waals surface area contributed by atoms with Crippen molar-refractivity contribution in [3.05, 3.63) is 87.2 Å². The summed E-state index contributed by atoms with van der Waals surface area (Å²) >= 11 is 9.61. The molecule has 0 aliphatic rings. The van der Waals surface area contributed by atoms with E-state index in [1.54, 1.807) is 6.07 Å². The molecule has 0 unspecified atom stereocenters. The van der Waals surface area contributed by atoms with Crippen LogP contribution < -0.4 is 5.32 Å². The second-order valence-electron chi connectivity index (χ2n) is 8.01. The maximum Gasteiger partial charge on any atom is 0.258 e. The van der Waals surface area contributed by atoms with Crippen molar-refractivity contribution in [3.63, 3.8) is 0 Å². The molecule has 0 atom stereocenters. The van der Waals surface area contributed by atoms with Crippen LogP contribution in [0, 0.1) is 17.6 Å². The van der Waals surface area contributed by atoms with Gasteiger partial charge in [0.15, 0.2) is 5.82 Å². The summed E-state index contributed by atoms with van der Waals surface area (Å²) in [5.74, 6) is -1.21. The quantitative estimate of drug-likeness (QED) is 0.301. The van der Waals surface area contributed by atoms with Crippen molar-refractivity contribution >= 4 is 39.1 Å². The number of hydrogen-bond acceptors (Lipinski definition) is 4. The Morgan fingerprint density at radius 3 is 2.50 bits per heavy atom. The number of halogens is 4. The lowest BCUT2D eigenvalue weighted by molar-refractivity contribution is 0.102. The van der Waals surface area contributed by atoms with Gasteiger partial charge in [-0.3, -0.25) is 4.79 Å². The molecule has 0 aliphatic carbocycles. The van der Waals surface area contributed by atoms with Crippen LogP contribution in [-0.2, 0) is 6.42 Å². The van der Waals surface area contributed by atoms with Gasteiger partial charge in [0.2, 0.25) is 0 Å². The highest BCUT2D eigenvalue weighted by Crippen LogP contribution is 2.34. The number of nitrogens with one attached hydrogen (secondary N) is 1. The molecule has 2 aromatic heterocycles. The Morgan fingerprint density at radius 1 is 1.12 bits per heavy atom. The predicted octanol–water partition coefficient (Wildman–Crippen LogP) is 6.47. The minimum atomic E-state index is -0.701. The van der Waals surface area contributed by atoms with Crippen molar-refractivity contribution in [1.82, 2.24) is 20.0 Å². The Balaban J connectivity index is 1.67. The normalized spacial score (nSPS) is 11.1. The van der Waals surface area contributed by atoms with Crippen molar-refractivity contribution in [2.24, 2.45) is 5.92 Å². The Bertz CT molecular complexity index is 1360. The first-order valence-electron chi connectivity index (χ1n) is 10.3. The molecule has 2 aromatic carbocycles. The molecule has 2 heterocycles. The number of benzene rings is 2. The topological polar surface area (TPSA) is 72.7 Å². The minimum absolute atomic E-state index is 0.119. The zero-order valence-corrected chi connectivity index (χ0v) is 20.5. The summed E-state index contributed by atoms with van der Waals surface area (Å²) in [6.07, 6.45) is 4.96. The molecule has 0 radical (unpaired) electrons. The molecule has 10 heteroatoms. The summed E-state index contributed by atoms with van der Waals surface area (Å²) in [4.78, 5) is 18.4. The number of pyridine rings is 1. The van der Waals surface area contributed by atoms with Crippen LogP contribution in [0.2, 0.25) is 5.02 Å². The summed E-state index contributed by atoms with van der Waals surface area (Å²) in [6, 6.07) is 8.56. The fraction of sp³-hybridized carbons (Fsp3) is 0.167. The van der Waals surface area contributed by atoms with Crippen molar-refractivity contribution < 1.29 is 13.6 Å². The van der Waals surface area contributed by atoms with Crippen LogP contribution in [0.15, 0.2) is 59.5 Å². The fourth-order valence-electron chi connectivity index (χ4n) is 3.53. The molecule has 4 aromatic rings. The van der Waals surface area contributed by atoms with Gasteiger partial charge >= 0.3 is 0 Å². The second kappa shape index (κ2) is 9.99. The Labute approximate surface area is 208 Å². The summed E-state index contributed by atoms with van der Waals surface area (Å²) in [5, 5.41) is 10.8. The lowest BCUT2D eigenvalue weighted by atomic mass is 9.91. The molecule has 1 amide bonds. The minimum Gasteiger partial charge on any atom is -0.320 e. The summed E-state index contributed by atoms with van der Waals surface area (Å²) in [5.41, 5.74) is 2.18. The van der Waals surface area contributed by atoms with Gasteiger partial charge < -0.3 is 5.32 Å². The maximum atomic E-state index is 15.1. The number of carbonyl (C=O) groups excluding carboxylic acids is 1. The van der Waals surface area contributed by atoms with Gasteiger partial charge in [0.1, 0.15) is 11.6 Å². The van der Waals surface area contributed by atoms with E-state index in [0.29, 0.717) is 33.5 Å². The maximum absolute atomic E-state index is 15.1. The molecule has 0 aliphatic heterocycles. The van der Waals surface area contributed by atoms with Crippen molar-refractivity contribution in [1.29, 1.82) is 0 Å². The highest BCUT2D eigenvalue weighted by Gasteiger charge is 2.20. The first-order valence-corrected chi connectivity index (χ1v) is 11.5. The molecule has 0 saturated heterocycles. The molecular weight excluding hydrogens is 528 g/mol. The van der Waals surface area contributed by atoms with E-state index < -0.39 is 17.5 Å². The summed E-state index contributed by atoms with van der Waals surface area (Å²) < 4.78 is 29.2. The lowest BCUT2D eigenvalue weighted by Gasteiger charge is -2.16. The Kier molecular flexibility index (Phi) is 7.04. The van der Waals surface area contributed by atoms with Gasteiger partial charge in [0.25, 0.3) is 5.91 Å². The van der Waals surface area contributed by atoms with Crippen molar-refractivity contribution in [2.75, 3.05) is 5.32 Å². The zero-order chi connectivity index (χ0) is 24.4. The number of aromatic nitrogens is 4. The average molecular weight is 547 g/mol. The number of nitrogens with zero attached hydrogens (tertiary/aromatic N) is 4. The van der Waals surface area contributed by atoms with Crippen LogP contribution >= 0.6 is 27.5 Å². The van der Waals surface area contributed by atoms with E-state index in [2.05, 4.69) is 36.4 Å². The van der Waals surface area contributed by atoms with Gasteiger partial charge in [-0.25, -0.2) is 13.8 Å². The van der Waals surface area contributed by atoms with Gasteiger partial charge in [-0.2, -0.15) is 10.2 Å². The predicted molar refractivity (Wildman–Crippen MR) is 130 cm³/mol. The number of amides is 1. The van der Waals surface area contributed by atoms with E-state index >= 15 is 4.39 Å². The zero-order valence-electron chi connectivity index (χ0n) is 18.2. The number of rotatable bonds is 6. The van der Waals surface area contributed by atoms with Crippen LogP contribution in [0.5, 0.6) is 0 Å². The SMILES string of the molecule is CC(C)Cc1cc(C(=O)Nc2cnc(-n3nccn3)c(Cl)c2)c(F)cc1-c1ccc(F)cc1Br. The molecule has 0 spiro atoms. The molecule has 0 bridgehead atoms. The van der Waals surface area contributed by atoms with E-state index in [1.165, 1.54) is 53.7 Å². The van der Waals surface area contributed by atoms with Crippen LogP contribution in [0.1, 0.15) is 29.8 Å². The Morgan fingerprint density at radius 2 is 1.85 bits per heavy atom. The highest BCUT2D eigenvalue weighted by atomic mass is 79.9. The smallest absolute Gasteiger partial charge is 0.258 e. The molecule has 0 saturated carbocycles. The molecular formula is C24H19BrClF2N5O. The van der Waals surface area contributed by atoms with Gasteiger partial charge in [0.05, 0.1) is 34.9 Å². The molecule has 34 heavy (non-hydrogen) atoms. The molecule has 6 nitrogen and oxygen atoms in total. The van der Waals surface area contributed by atoms with E-state index in [9.17, 15) is 9.18 Å². The molecule has 174 valence electrons. The van der Waals surface area contributed by atoms with Crippen molar-refractivity contribution in [3.8, 4) is 16.9 Å². The summed E-state index contributed by atoms with van der Waals surface area (Å²) in [6.45, 7) is 4.05. The average Bonchev–Trinajstić information content (AvgIpc) is 3.29. The first kappa shape index (κ1) is 24.0. The fourth-order valence-corrected chi connectivity index (χ4v) is 4.34. The number of anilines is 1. The van der Waals surface area contributed by atoms with Crippen LogP contribution in [0.25, 0.3) is 16.9 Å². The largest absolute Gasteiger partial charge is 0.320 e. The van der Waals surface area contributed by atoms with Crippen LogP contribution in [-0.4, -0.2) is 25.9 Å². The lowest BCUT2D eigenvalue weighted by Crippen LogP contribution is -2.15. The standard InChI is InChI=1S/C24H19BrClF2N5O/c1-13(2)7-14-8-19(22(28)11-18(14)17-4-3-15(27)9-20(17)25)24(34)32-16-10-21(26)23(29-12-16)33-30-5-6-31-33/h3-6,8-13H,7H2,1-2H3,(H,32,34). The highest BCUT2D eigenvalue weighted by molar-refractivity contribution is 9.10. The summed E-state index contributed by atoms with van der Waals surface area (Å²) in [7, 11) is 0. The van der Waals surface area contributed by atoms with E-state index in [0.717, 1.165) is 5.56 Å².